The number of Topliss-reactive ketones (excluding diaryl/α,β-unsaturated/α-hetero) is 1. The van der Waals surface area contributed by atoms with Crippen molar-refractivity contribution in [3.8, 4) is 23.0 Å². The van der Waals surface area contributed by atoms with Crippen LogP contribution in [0.5, 0.6) is 23.0 Å². The number of fused-ring (bicyclic) bond motifs is 1. The number of aromatic amines is 2. The van der Waals surface area contributed by atoms with E-state index in [1.54, 1.807) is 40.6 Å². The Kier molecular flexibility index (Phi) is 5.76. The number of hydrogen-bond acceptors (Lipinski definition) is 7. The van der Waals surface area contributed by atoms with E-state index in [2.05, 4.69) is 15.5 Å². The van der Waals surface area contributed by atoms with Gasteiger partial charge in [-0.3, -0.25) is 19.8 Å². The van der Waals surface area contributed by atoms with Crippen LogP contribution in [0, 0.1) is 0 Å². The number of benzene rings is 2. The van der Waals surface area contributed by atoms with Gasteiger partial charge in [-0.05, 0) is 36.1 Å². The summed E-state index contributed by atoms with van der Waals surface area (Å²) in [7, 11) is 6.32. The maximum Gasteiger partial charge on any atom is 0.270 e. The van der Waals surface area contributed by atoms with Crippen molar-refractivity contribution in [2.75, 3.05) is 33.8 Å². The van der Waals surface area contributed by atoms with Crippen LogP contribution < -0.4 is 29.8 Å². The summed E-state index contributed by atoms with van der Waals surface area (Å²) >= 11 is 0. The predicted molar refractivity (Wildman–Crippen MR) is 130 cm³/mol. The molecule has 3 N–H and O–H groups in total. The number of carbonyl (C=O) groups is 1. The molecule has 9 heteroatoms. The van der Waals surface area contributed by atoms with Crippen LogP contribution in [-0.4, -0.2) is 44.4 Å². The van der Waals surface area contributed by atoms with Gasteiger partial charge in [-0.1, -0.05) is 12.1 Å². The molecule has 0 bridgehead atoms. The van der Waals surface area contributed by atoms with Gasteiger partial charge >= 0.3 is 0 Å². The molecule has 3 aromatic rings. The number of anilines is 1. The van der Waals surface area contributed by atoms with Crippen LogP contribution in [0.3, 0.4) is 0 Å². The van der Waals surface area contributed by atoms with E-state index in [0.29, 0.717) is 52.8 Å². The van der Waals surface area contributed by atoms with E-state index in [1.807, 2.05) is 24.3 Å². The van der Waals surface area contributed by atoms with Gasteiger partial charge in [0.1, 0.15) is 17.3 Å². The molecule has 2 atom stereocenters. The second-order valence-electron chi connectivity index (χ2n) is 8.57. The van der Waals surface area contributed by atoms with Crippen LogP contribution >= 0.6 is 0 Å². The molecule has 1 aliphatic carbocycles. The van der Waals surface area contributed by atoms with Crippen molar-refractivity contribution in [3.63, 3.8) is 0 Å². The van der Waals surface area contributed by atoms with E-state index in [1.165, 1.54) is 0 Å². The SMILES string of the molecule is COc1ccc([C@H]2C3=C(C[C@H](c4ccc(OC)c(OC)c4)CC3=O)Nc3[nH][nH]c(=O)c32)c(OC)c1. The van der Waals surface area contributed by atoms with Crippen LogP contribution in [0.1, 0.15) is 41.4 Å². The predicted octanol–water partition coefficient (Wildman–Crippen LogP) is 3.70. The molecule has 9 nitrogen and oxygen atoms in total. The van der Waals surface area contributed by atoms with E-state index in [4.69, 9.17) is 18.9 Å². The largest absolute Gasteiger partial charge is 0.497 e. The molecule has 0 amide bonds. The van der Waals surface area contributed by atoms with Gasteiger partial charge in [0.05, 0.1) is 39.9 Å². The van der Waals surface area contributed by atoms with E-state index in [-0.39, 0.29) is 17.3 Å². The maximum absolute atomic E-state index is 13.7. The first-order valence-corrected chi connectivity index (χ1v) is 11.3. The summed E-state index contributed by atoms with van der Waals surface area (Å²) in [5.41, 5.74) is 3.26. The summed E-state index contributed by atoms with van der Waals surface area (Å²) in [6, 6.07) is 11.1. The van der Waals surface area contributed by atoms with E-state index in [9.17, 15) is 9.59 Å². The number of ketones is 1. The average Bonchev–Trinajstić information content (AvgIpc) is 3.26. The maximum atomic E-state index is 13.7. The van der Waals surface area contributed by atoms with E-state index >= 15 is 0 Å². The number of ether oxygens (including phenoxy) is 4. The van der Waals surface area contributed by atoms with Crippen LogP contribution in [0.4, 0.5) is 5.82 Å². The van der Waals surface area contributed by atoms with Gasteiger partial charge in [-0.25, -0.2) is 0 Å². The molecule has 0 saturated carbocycles. The fraction of sp³-hybridized carbons (Fsp3) is 0.308. The Morgan fingerprint density at radius 2 is 1.57 bits per heavy atom. The lowest BCUT2D eigenvalue weighted by Crippen LogP contribution is -2.31. The van der Waals surface area contributed by atoms with Crippen LogP contribution in [-0.2, 0) is 4.79 Å². The van der Waals surface area contributed by atoms with Gasteiger partial charge in [0.25, 0.3) is 5.56 Å². The molecular formula is C26H27N3O6. The number of hydrogen-bond donors (Lipinski definition) is 3. The molecule has 35 heavy (non-hydrogen) atoms. The zero-order valence-corrected chi connectivity index (χ0v) is 20.0. The average molecular weight is 478 g/mol. The number of aromatic nitrogens is 2. The molecule has 0 spiro atoms. The standard InChI is InChI=1S/C26H27N3O6/c1-32-15-6-7-16(20(12-15)34-3)22-23-17(27-25-24(22)26(31)29-28-25)9-14(10-18(23)30)13-5-8-19(33-2)21(11-13)35-4/h5-8,11-12,14,22H,9-10H2,1-4H3,(H3,27,28,29,31)/t14-,22-/m0/s1. The minimum Gasteiger partial charge on any atom is -0.497 e. The summed E-state index contributed by atoms with van der Waals surface area (Å²) < 4.78 is 21.8. The molecular weight excluding hydrogens is 450 g/mol. The third-order valence-electron chi connectivity index (χ3n) is 6.81. The van der Waals surface area contributed by atoms with Gasteiger partial charge < -0.3 is 24.3 Å². The number of nitrogens with one attached hydrogen (secondary N) is 3. The minimum absolute atomic E-state index is 0.0207. The second kappa shape index (κ2) is 8.90. The van der Waals surface area contributed by atoms with Crippen molar-refractivity contribution in [2.45, 2.75) is 24.7 Å². The lowest BCUT2D eigenvalue weighted by molar-refractivity contribution is -0.116. The number of H-pyrrole nitrogens is 2. The van der Waals surface area contributed by atoms with Crippen molar-refractivity contribution in [3.05, 3.63) is 74.7 Å². The first-order chi connectivity index (χ1) is 17.0. The highest BCUT2D eigenvalue weighted by molar-refractivity contribution is 6.01. The van der Waals surface area contributed by atoms with Crippen molar-refractivity contribution >= 4 is 11.6 Å². The Morgan fingerprint density at radius 3 is 2.29 bits per heavy atom. The van der Waals surface area contributed by atoms with Crippen LogP contribution in [0.25, 0.3) is 0 Å². The molecule has 182 valence electrons. The highest BCUT2D eigenvalue weighted by atomic mass is 16.5. The summed E-state index contributed by atoms with van der Waals surface area (Å²) in [4.78, 5) is 26.5. The summed E-state index contributed by atoms with van der Waals surface area (Å²) in [5, 5.41) is 8.89. The third-order valence-corrected chi connectivity index (χ3v) is 6.81. The van der Waals surface area contributed by atoms with Crippen molar-refractivity contribution in [1.82, 2.24) is 10.2 Å². The second-order valence-corrected chi connectivity index (χ2v) is 8.57. The summed E-state index contributed by atoms with van der Waals surface area (Å²) in [5.74, 6) is 2.33. The molecule has 1 aliphatic heterocycles. The Balaban J connectivity index is 1.61. The fourth-order valence-corrected chi connectivity index (χ4v) is 5.13. The number of carbonyl (C=O) groups excluding carboxylic acids is 1. The van der Waals surface area contributed by atoms with Gasteiger partial charge in [0, 0.05) is 29.3 Å². The molecule has 1 aromatic heterocycles. The summed E-state index contributed by atoms with van der Waals surface area (Å²) in [6.45, 7) is 0. The molecule has 2 heterocycles. The number of methoxy groups -OCH3 is 4. The first kappa shape index (κ1) is 22.6. The Hall–Kier alpha value is -4.14. The van der Waals surface area contributed by atoms with Crippen molar-refractivity contribution in [1.29, 1.82) is 0 Å². The topological polar surface area (TPSA) is 115 Å². The smallest absolute Gasteiger partial charge is 0.270 e. The van der Waals surface area contributed by atoms with Gasteiger partial charge in [-0.2, -0.15) is 0 Å². The quantitative estimate of drug-likeness (QED) is 0.496. The van der Waals surface area contributed by atoms with Crippen molar-refractivity contribution < 1.29 is 23.7 Å². The zero-order chi connectivity index (χ0) is 24.7. The van der Waals surface area contributed by atoms with E-state index < -0.39 is 5.92 Å². The highest BCUT2D eigenvalue weighted by Crippen LogP contribution is 2.49. The molecule has 0 fully saturated rings. The lowest BCUT2D eigenvalue weighted by atomic mass is 9.72. The van der Waals surface area contributed by atoms with E-state index in [0.717, 1.165) is 16.8 Å². The third kappa shape index (κ3) is 3.73. The van der Waals surface area contributed by atoms with Gasteiger partial charge in [0.2, 0.25) is 0 Å². The normalized spacial score (nSPS) is 18.9. The van der Waals surface area contributed by atoms with Gasteiger partial charge in [0.15, 0.2) is 17.3 Å². The molecule has 0 radical (unpaired) electrons. The van der Waals surface area contributed by atoms with Gasteiger partial charge in [-0.15, -0.1) is 0 Å². The van der Waals surface area contributed by atoms with Crippen LogP contribution in [0.15, 0.2) is 52.5 Å². The Labute approximate surface area is 202 Å². The van der Waals surface area contributed by atoms with Crippen molar-refractivity contribution in [2.24, 2.45) is 0 Å². The molecule has 5 rings (SSSR count). The molecule has 0 saturated heterocycles. The Bertz CT molecular complexity index is 1390. The molecule has 2 aliphatic rings. The number of rotatable bonds is 6. The molecule has 0 unspecified atom stereocenters. The summed E-state index contributed by atoms with van der Waals surface area (Å²) in [6.07, 6.45) is 0.904. The monoisotopic (exact) mass is 477 g/mol. The first-order valence-electron chi connectivity index (χ1n) is 11.3. The minimum atomic E-state index is -0.573. The van der Waals surface area contributed by atoms with Crippen LogP contribution in [0.2, 0.25) is 0 Å². The highest BCUT2D eigenvalue weighted by Gasteiger charge is 2.41. The number of allylic oxidation sites excluding steroid dienone is 2. The zero-order valence-electron chi connectivity index (χ0n) is 20.0. The lowest BCUT2D eigenvalue weighted by Gasteiger charge is -2.35. The molecule has 2 aromatic carbocycles. The Morgan fingerprint density at radius 1 is 0.800 bits per heavy atom. The fourth-order valence-electron chi connectivity index (χ4n) is 5.13.